The van der Waals surface area contributed by atoms with E-state index in [0.717, 1.165) is 35.3 Å². The molecule has 1 aliphatic heterocycles. The van der Waals surface area contributed by atoms with Crippen molar-refractivity contribution in [1.29, 1.82) is 0 Å². The van der Waals surface area contributed by atoms with Gasteiger partial charge in [-0.05, 0) is 61.8 Å². The Hall–Kier alpha value is -2.38. The highest BCUT2D eigenvalue weighted by atomic mass is 32.2. The lowest BCUT2D eigenvalue weighted by atomic mass is 9.96. The third-order valence-electron chi connectivity index (χ3n) is 6.40. The normalized spacial score (nSPS) is 18.0. The molecule has 0 spiro atoms. The second-order valence-corrected chi connectivity index (χ2v) is 10.9. The van der Waals surface area contributed by atoms with Gasteiger partial charge in [-0.3, -0.25) is 4.79 Å². The number of hydrogen-bond donors (Lipinski definition) is 1. The second kappa shape index (κ2) is 11.7. The highest BCUT2D eigenvalue weighted by Crippen LogP contribution is 2.26. The topological polar surface area (TPSA) is 75.7 Å². The van der Waals surface area contributed by atoms with Gasteiger partial charge >= 0.3 is 0 Å². The van der Waals surface area contributed by atoms with Gasteiger partial charge in [0.2, 0.25) is 15.9 Å². The van der Waals surface area contributed by atoms with Crippen molar-refractivity contribution < 1.29 is 17.9 Å². The summed E-state index contributed by atoms with van der Waals surface area (Å²) < 4.78 is 32.7. The van der Waals surface area contributed by atoms with E-state index < -0.39 is 10.0 Å². The minimum absolute atomic E-state index is 0.0699. The van der Waals surface area contributed by atoms with Crippen LogP contribution in [0.4, 0.5) is 0 Å². The van der Waals surface area contributed by atoms with Crippen molar-refractivity contribution in [3.8, 4) is 5.75 Å². The van der Waals surface area contributed by atoms with Gasteiger partial charge in [-0.1, -0.05) is 49.4 Å². The predicted octanol–water partition coefficient (Wildman–Crippen LogP) is 4.25. The smallest absolute Gasteiger partial charge is 0.224 e. The summed E-state index contributed by atoms with van der Waals surface area (Å²) in [5, 5.41) is 3.15. The number of carbonyl (C=O) groups excluding carboxylic acids is 1. The van der Waals surface area contributed by atoms with Gasteiger partial charge in [0.05, 0.1) is 24.8 Å². The van der Waals surface area contributed by atoms with Crippen LogP contribution in [0.3, 0.4) is 0 Å². The number of piperidine rings is 1. The van der Waals surface area contributed by atoms with Gasteiger partial charge in [0, 0.05) is 13.1 Å². The Balaban J connectivity index is 1.58. The fourth-order valence-electron chi connectivity index (χ4n) is 4.47. The molecule has 180 valence electrons. The third-order valence-corrected chi connectivity index (χ3v) is 8.33. The fraction of sp³-hybridized carbons (Fsp3) is 0.500. The summed E-state index contributed by atoms with van der Waals surface area (Å²) in [4.78, 5) is 13.1. The summed E-state index contributed by atoms with van der Waals surface area (Å²) in [5.74, 6) is 0.537. The molecule has 1 saturated heterocycles. The number of sulfonamides is 1. The van der Waals surface area contributed by atoms with Crippen LogP contribution in [-0.2, 0) is 21.2 Å². The average molecular weight is 473 g/mol. The molecule has 0 bridgehead atoms. The van der Waals surface area contributed by atoms with Gasteiger partial charge in [-0.25, -0.2) is 12.7 Å². The van der Waals surface area contributed by atoms with Crippen LogP contribution < -0.4 is 10.1 Å². The van der Waals surface area contributed by atoms with Crippen molar-refractivity contribution in [3.63, 3.8) is 0 Å². The van der Waals surface area contributed by atoms with E-state index in [1.807, 2.05) is 62.4 Å². The zero-order valence-corrected chi connectivity index (χ0v) is 20.7. The van der Waals surface area contributed by atoms with Crippen LogP contribution in [0.25, 0.3) is 0 Å². The first-order valence-electron chi connectivity index (χ1n) is 11.8. The standard InChI is InChI=1S/C26H36N2O4S/c1-4-24(22-14-15-25(32-3)20(2)18-22)27-26(29)23-13-8-16-28(19-23)33(30,31)17-9-12-21-10-6-5-7-11-21/h5-7,10-11,14-15,18,23-24H,4,8-9,12-13,16-17,19H2,1-3H3,(H,27,29). The largest absolute Gasteiger partial charge is 0.496 e. The Morgan fingerprint density at radius 2 is 1.97 bits per heavy atom. The monoisotopic (exact) mass is 472 g/mol. The predicted molar refractivity (Wildman–Crippen MR) is 132 cm³/mol. The molecule has 2 atom stereocenters. The molecule has 3 rings (SSSR count). The van der Waals surface area contributed by atoms with Crippen LogP contribution in [0, 0.1) is 12.8 Å². The molecule has 1 fully saturated rings. The molecule has 0 aromatic heterocycles. The Labute approximate surface area is 198 Å². The molecule has 1 heterocycles. The van der Waals surface area contributed by atoms with Crippen molar-refractivity contribution >= 4 is 15.9 Å². The highest BCUT2D eigenvalue weighted by molar-refractivity contribution is 7.89. The maximum atomic E-state index is 13.1. The van der Waals surface area contributed by atoms with Crippen LogP contribution >= 0.6 is 0 Å². The average Bonchev–Trinajstić information content (AvgIpc) is 2.83. The van der Waals surface area contributed by atoms with Crippen molar-refractivity contribution in [1.82, 2.24) is 9.62 Å². The SMILES string of the molecule is CCC(NC(=O)C1CCCN(S(=O)(=O)CCCc2ccccc2)C1)c1ccc(OC)c(C)c1. The second-order valence-electron chi connectivity index (χ2n) is 8.80. The van der Waals surface area contributed by atoms with E-state index in [1.54, 1.807) is 7.11 Å². The van der Waals surface area contributed by atoms with Crippen molar-refractivity contribution in [2.45, 2.75) is 52.0 Å². The van der Waals surface area contributed by atoms with Gasteiger partial charge in [-0.15, -0.1) is 0 Å². The Bertz CT molecular complexity index is 1020. The first-order chi connectivity index (χ1) is 15.8. The molecular weight excluding hydrogens is 436 g/mol. The summed E-state index contributed by atoms with van der Waals surface area (Å²) >= 11 is 0. The molecule has 6 nitrogen and oxygen atoms in total. The first-order valence-corrected chi connectivity index (χ1v) is 13.4. The number of ether oxygens (including phenoxy) is 1. The van der Waals surface area contributed by atoms with Crippen LogP contribution in [0.1, 0.15) is 55.3 Å². The van der Waals surface area contributed by atoms with Gasteiger partial charge in [-0.2, -0.15) is 0 Å². The van der Waals surface area contributed by atoms with E-state index in [9.17, 15) is 13.2 Å². The maximum absolute atomic E-state index is 13.1. The van der Waals surface area contributed by atoms with Crippen molar-refractivity contribution in [2.75, 3.05) is 26.0 Å². The van der Waals surface area contributed by atoms with E-state index >= 15 is 0 Å². The minimum atomic E-state index is -3.38. The molecular formula is C26H36N2O4S. The minimum Gasteiger partial charge on any atom is -0.496 e. The molecule has 2 aromatic rings. The van der Waals surface area contributed by atoms with Gasteiger partial charge < -0.3 is 10.1 Å². The molecule has 0 radical (unpaired) electrons. The summed E-state index contributed by atoms with van der Waals surface area (Å²) in [6.07, 6.45) is 3.48. The Morgan fingerprint density at radius 3 is 2.64 bits per heavy atom. The molecule has 7 heteroatoms. The van der Waals surface area contributed by atoms with E-state index in [2.05, 4.69) is 5.32 Å². The summed E-state index contributed by atoms with van der Waals surface area (Å²) in [6, 6.07) is 15.7. The number of methoxy groups -OCH3 is 1. The van der Waals surface area contributed by atoms with Gasteiger partial charge in [0.1, 0.15) is 5.75 Å². The summed E-state index contributed by atoms with van der Waals surface area (Å²) in [7, 11) is -1.74. The third kappa shape index (κ3) is 6.81. The Morgan fingerprint density at radius 1 is 1.21 bits per heavy atom. The van der Waals surface area contributed by atoms with E-state index in [1.165, 1.54) is 4.31 Å². The molecule has 1 aliphatic rings. The quantitative estimate of drug-likeness (QED) is 0.561. The Kier molecular flexibility index (Phi) is 8.92. The zero-order valence-electron chi connectivity index (χ0n) is 19.9. The maximum Gasteiger partial charge on any atom is 0.224 e. The molecule has 0 saturated carbocycles. The number of hydrogen-bond acceptors (Lipinski definition) is 4. The number of benzene rings is 2. The molecule has 33 heavy (non-hydrogen) atoms. The van der Waals surface area contributed by atoms with Crippen molar-refractivity contribution in [2.24, 2.45) is 5.92 Å². The highest BCUT2D eigenvalue weighted by Gasteiger charge is 2.32. The van der Waals surface area contributed by atoms with Gasteiger partial charge in [0.15, 0.2) is 0 Å². The molecule has 0 aliphatic carbocycles. The van der Waals surface area contributed by atoms with Crippen LogP contribution in [-0.4, -0.2) is 44.6 Å². The number of carbonyl (C=O) groups is 1. The first kappa shape index (κ1) is 25.2. The summed E-state index contributed by atoms with van der Waals surface area (Å²) in [5.41, 5.74) is 3.20. The number of nitrogens with one attached hydrogen (secondary N) is 1. The number of aryl methyl sites for hydroxylation is 2. The molecule has 1 amide bonds. The summed E-state index contributed by atoms with van der Waals surface area (Å²) in [6.45, 7) is 4.78. The molecule has 2 aromatic carbocycles. The number of nitrogens with zero attached hydrogens (tertiary/aromatic N) is 1. The lowest BCUT2D eigenvalue weighted by Crippen LogP contribution is -2.46. The van der Waals surface area contributed by atoms with Crippen LogP contribution in [0.15, 0.2) is 48.5 Å². The fourth-order valence-corrected chi connectivity index (χ4v) is 6.05. The number of amides is 1. The molecule has 1 N–H and O–H groups in total. The lowest BCUT2D eigenvalue weighted by Gasteiger charge is -2.32. The van der Waals surface area contributed by atoms with E-state index in [0.29, 0.717) is 25.8 Å². The number of rotatable bonds is 10. The van der Waals surface area contributed by atoms with Crippen LogP contribution in [0.2, 0.25) is 0 Å². The van der Waals surface area contributed by atoms with Crippen LogP contribution in [0.5, 0.6) is 5.75 Å². The zero-order chi connectivity index (χ0) is 23.8. The van der Waals surface area contributed by atoms with Gasteiger partial charge in [0.25, 0.3) is 0 Å². The van der Waals surface area contributed by atoms with E-state index in [-0.39, 0.29) is 30.2 Å². The van der Waals surface area contributed by atoms with E-state index in [4.69, 9.17) is 4.74 Å². The van der Waals surface area contributed by atoms with Crippen molar-refractivity contribution in [3.05, 3.63) is 65.2 Å². The molecule has 2 unspecified atom stereocenters. The lowest BCUT2D eigenvalue weighted by molar-refractivity contribution is -0.126.